The summed E-state index contributed by atoms with van der Waals surface area (Å²) in [5.74, 6) is -0.459. The molecule has 1 N–H and O–H groups in total. The van der Waals surface area contributed by atoms with E-state index in [-0.39, 0.29) is 0 Å². The number of aryl methyl sites for hydroxylation is 1. The molecule has 1 aromatic carbocycles. The van der Waals surface area contributed by atoms with E-state index in [2.05, 4.69) is 5.32 Å². The van der Waals surface area contributed by atoms with Gasteiger partial charge in [-0.25, -0.2) is 4.79 Å². The van der Waals surface area contributed by atoms with Crippen LogP contribution >= 0.6 is 11.6 Å². The lowest BCUT2D eigenvalue weighted by Crippen LogP contribution is -2.33. The number of nitrogens with one attached hydrogen (secondary N) is 1. The van der Waals surface area contributed by atoms with Gasteiger partial charge in [0.15, 0.2) is 0 Å². The first-order valence-corrected chi connectivity index (χ1v) is 5.12. The molecule has 1 aromatic rings. The number of hydrogen-bond donors (Lipinski definition) is 1. The first-order chi connectivity index (χ1) is 7.43. The summed E-state index contributed by atoms with van der Waals surface area (Å²) in [5.41, 5.74) is 0.181. The standard InChI is InChI=1S/C11H10ClNO3/c1-6-5-7(3-4-8(6)12)11(2)9(14)13-10(15)16-11/h3-5H,1-2H3,(H,13,14,15). The maximum Gasteiger partial charge on any atom is 0.415 e. The van der Waals surface area contributed by atoms with Gasteiger partial charge < -0.3 is 4.74 Å². The molecule has 1 fully saturated rings. The van der Waals surface area contributed by atoms with Gasteiger partial charge in [-0.05, 0) is 25.5 Å². The van der Waals surface area contributed by atoms with Gasteiger partial charge in [0.2, 0.25) is 5.60 Å². The van der Waals surface area contributed by atoms with Crippen molar-refractivity contribution in [2.45, 2.75) is 19.4 Å². The van der Waals surface area contributed by atoms with Gasteiger partial charge in [-0.15, -0.1) is 0 Å². The monoisotopic (exact) mass is 239 g/mol. The van der Waals surface area contributed by atoms with Gasteiger partial charge in [-0.1, -0.05) is 23.7 Å². The van der Waals surface area contributed by atoms with Crippen molar-refractivity contribution in [2.75, 3.05) is 0 Å². The van der Waals surface area contributed by atoms with E-state index in [9.17, 15) is 9.59 Å². The van der Waals surface area contributed by atoms with E-state index in [1.165, 1.54) is 0 Å². The molecular formula is C11H10ClNO3. The molecule has 84 valence electrons. The normalized spacial score (nSPS) is 24.2. The Kier molecular flexibility index (Phi) is 2.39. The first kappa shape index (κ1) is 11.0. The zero-order chi connectivity index (χ0) is 11.9. The minimum absolute atomic E-state index is 0.459. The quantitative estimate of drug-likeness (QED) is 0.817. The molecule has 0 saturated carbocycles. The predicted octanol–water partition coefficient (Wildman–Crippen LogP) is 2.13. The third-order valence-electron chi connectivity index (χ3n) is 2.65. The van der Waals surface area contributed by atoms with Gasteiger partial charge in [0.05, 0.1) is 0 Å². The van der Waals surface area contributed by atoms with E-state index in [4.69, 9.17) is 16.3 Å². The van der Waals surface area contributed by atoms with Crippen LogP contribution in [0.25, 0.3) is 0 Å². The summed E-state index contributed by atoms with van der Waals surface area (Å²) in [7, 11) is 0. The molecule has 1 aliphatic heterocycles. The summed E-state index contributed by atoms with van der Waals surface area (Å²) in [6.45, 7) is 3.37. The van der Waals surface area contributed by atoms with E-state index in [1.54, 1.807) is 25.1 Å². The lowest BCUT2D eigenvalue weighted by molar-refractivity contribution is -0.130. The molecule has 0 bridgehead atoms. The zero-order valence-corrected chi connectivity index (χ0v) is 9.59. The van der Waals surface area contributed by atoms with Crippen LogP contribution in [-0.4, -0.2) is 12.0 Å². The van der Waals surface area contributed by atoms with E-state index >= 15 is 0 Å². The summed E-state index contributed by atoms with van der Waals surface area (Å²) >= 11 is 5.89. The number of cyclic esters (lactones) is 1. The summed E-state index contributed by atoms with van der Waals surface area (Å²) in [5, 5.41) is 2.72. The molecule has 2 rings (SSSR count). The molecule has 5 heteroatoms. The molecule has 0 spiro atoms. The number of ether oxygens (including phenoxy) is 1. The van der Waals surface area contributed by atoms with E-state index in [1.807, 2.05) is 6.92 Å². The highest BCUT2D eigenvalue weighted by molar-refractivity contribution is 6.31. The van der Waals surface area contributed by atoms with Gasteiger partial charge in [-0.3, -0.25) is 10.1 Å². The van der Waals surface area contributed by atoms with Crippen molar-refractivity contribution in [1.29, 1.82) is 0 Å². The van der Waals surface area contributed by atoms with Crippen LogP contribution in [0, 0.1) is 6.92 Å². The number of amides is 2. The van der Waals surface area contributed by atoms with Crippen molar-refractivity contribution in [3.63, 3.8) is 0 Å². The Hall–Kier alpha value is -1.55. The molecular weight excluding hydrogens is 230 g/mol. The SMILES string of the molecule is Cc1cc(C2(C)OC(=O)NC2=O)ccc1Cl. The second kappa shape index (κ2) is 3.49. The summed E-state index contributed by atoms with van der Waals surface area (Å²) in [6, 6.07) is 5.09. The van der Waals surface area contributed by atoms with Crippen LogP contribution in [0.1, 0.15) is 18.1 Å². The largest absolute Gasteiger partial charge is 0.428 e. The van der Waals surface area contributed by atoms with Gasteiger partial charge in [0, 0.05) is 10.6 Å². The maximum atomic E-state index is 11.6. The molecule has 1 aliphatic rings. The van der Waals surface area contributed by atoms with Crippen molar-refractivity contribution >= 4 is 23.6 Å². The highest BCUT2D eigenvalue weighted by Crippen LogP contribution is 2.31. The molecule has 16 heavy (non-hydrogen) atoms. The highest BCUT2D eigenvalue weighted by Gasteiger charge is 2.46. The second-order valence-corrected chi connectivity index (χ2v) is 4.25. The molecule has 4 nitrogen and oxygen atoms in total. The number of benzene rings is 1. The zero-order valence-electron chi connectivity index (χ0n) is 8.83. The predicted molar refractivity (Wildman–Crippen MR) is 58.2 cm³/mol. The van der Waals surface area contributed by atoms with Crippen LogP contribution < -0.4 is 5.32 Å². The lowest BCUT2D eigenvalue weighted by Gasteiger charge is -2.20. The fraction of sp³-hybridized carbons (Fsp3) is 0.273. The number of carbonyl (C=O) groups is 2. The Labute approximate surface area is 97.5 Å². The van der Waals surface area contributed by atoms with Crippen LogP contribution in [0.2, 0.25) is 5.02 Å². The topological polar surface area (TPSA) is 55.4 Å². The molecule has 1 heterocycles. The van der Waals surface area contributed by atoms with Gasteiger partial charge in [0.1, 0.15) is 0 Å². The molecule has 0 radical (unpaired) electrons. The smallest absolute Gasteiger partial charge is 0.415 e. The fourth-order valence-corrected chi connectivity index (χ4v) is 1.72. The molecule has 1 atom stereocenters. The van der Waals surface area contributed by atoms with Crippen molar-refractivity contribution in [3.8, 4) is 0 Å². The first-order valence-electron chi connectivity index (χ1n) is 4.74. The van der Waals surface area contributed by atoms with Gasteiger partial charge in [-0.2, -0.15) is 0 Å². The number of rotatable bonds is 1. The average Bonchev–Trinajstić information content (AvgIpc) is 2.46. The number of carbonyl (C=O) groups excluding carboxylic acids is 2. The van der Waals surface area contributed by atoms with Crippen LogP contribution in [0.15, 0.2) is 18.2 Å². The number of halogens is 1. The minimum atomic E-state index is -1.26. The third-order valence-corrected chi connectivity index (χ3v) is 3.08. The van der Waals surface area contributed by atoms with E-state index in [0.29, 0.717) is 10.6 Å². The van der Waals surface area contributed by atoms with E-state index < -0.39 is 17.6 Å². The molecule has 0 aromatic heterocycles. The Morgan fingerprint density at radius 3 is 2.56 bits per heavy atom. The molecule has 0 aliphatic carbocycles. The Morgan fingerprint density at radius 2 is 2.06 bits per heavy atom. The van der Waals surface area contributed by atoms with Gasteiger partial charge >= 0.3 is 6.09 Å². The number of imide groups is 1. The molecule has 2 amide bonds. The maximum absolute atomic E-state index is 11.6. The molecule has 1 saturated heterocycles. The van der Waals surface area contributed by atoms with E-state index in [0.717, 1.165) is 5.56 Å². The Balaban J connectivity index is 2.47. The van der Waals surface area contributed by atoms with Crippen LogP contribution in [0.3, 0.4) is 0 Å². The van der Waals surface area contributed by atoms with Crippen LogP contribution in [0.5, 0.6) is 0 Å². The van der Waals surface area contributed by atoms with Crippen molar-refractivity contribution < 1.29 is 14.3 Å². The number of alkyl carbamates (subject to hydrolysis) is 1. The lowest BCUT2D eigenvalue weighted by atomic mass is 9.94. The third kappa shape index (κ3) is 1.55. The summed E-state index contributed by atoms with van der Waals surface area (Å²) in [4.78, 5) is 22.6. The second-order valence-electron chi connectivity index (χ2n) is 3.84. The highest BCUT2D eigenvalue weighted by atomic mass is 35.5. The average molecular weight is 240 g/mol. The van der Waals surface area contributed by atoms with Crippen LogP contribution in [-0.2, 0) is 15.1 Å². The summed E-state index contributed by atoms with van der Waals surface area (Å²) in [6.07, 6.45) is -0.722. The Bertz CT molecular complexity index is 486. The van der Waals surface area contributed by atoms with Crippen molar-refractivity contribution in [2.24, 2.45) is 0 Å². The van der Waals surface area contributed by atoms with Crippen molar-refractivity contribution in [3.05, 3.63) is 34.3 Å². The Morgan fingerprint density at radius 1 is 1.38 bits per heavy atom. The molecule has 1 unspecified atom stereocenters. The van der Waals surface area contributed by atoms with Gasteiger partial charge in [0.25, 0.3) is 5.91 Å². The van der Waals surface area contributed by atoms with Crippen LogP contribution in [0.4, 0.5) is 4.79 Å². The summed E-state index contributed by atoms with van der Waals surface area (Å²) < 4.78 is 5.00. The number of hydrogen-bond acceptors (Lipinski definition) is 3. The fourth-order valence-electron chi connectivity index (χ4n) is 1.60. The minimum Gasteiger partial charge on any atom is -0.428 e. The van der Waals surface area contributed by atoms with Crippen molar-refractivity contribution in [1.82, 2.24) is 5.32 Å².